The van der Waals surface area contributed by atoms with Gasteiger partial charge in [-0.25, -0.2) is 4.98 Å². The number of nitrogens with zero attached hydrogens (tertiary/aromatic N) is 3. The molecule has 214 valence electrons. The summed E-state index contributed by atoms with van der Waals surface area (Å²) in [5, 5.41) is 7.96. The van der Waals surface area contributed by atoms with Crippen LogP contribution in [0.3, 0.4) is 0 Å². The summed E-state index contributed by atoms with van der Waals surface area (Å²) >= 11 is 1.32. The zero-order valence-corrected chi connectivity index (χ0v) is 24.3. The number of carbonyl (C=O) groups is 1. The summed E-state index contributed by atoms with van der Waals surface area (Å²) in [7, 11) is 4.70. The summed E-state index contributed by atoms with van der Waals surface area (Å²) in [5.41, 5.74) is 5.42. The zero-order chi connectivity index (χ0) is 29.8. The summed E-state index contributed by atoms with van der Waals surface area (Å²) in [5.74, 6) is 2.60. The zero-order valence-electron chi connectivity index (χ0n) is 23.5. The highest BCUT2D eigenvalue weighted by Crippen LogP contribution is 2.41. The second-order valence-electron chi connectivity index (χ2n) is 9.39. The van der Waals surface area contributed by atoms with Gasteiger partial charge in [0.15, 0.2) is 23.1 Å². The van der Waals surface area contributed by atoms with Gasteiger partial charge in [-0.2, -0.15) is 4.37 Å². The largest absolute Gasteiger partial charge is 0.493 e. The van der Waals surface area contributed by atoms with Crippen LogP contribution in [0.2, 0.25) is 0 Å². The van der Waals surface area contributed by atoms with Crippen LogP contribution in [0.1, 0.15) is 10.4 Å². The molecular weight excluding hydrogens is 564 g/mol. The van der Waals surface area contributed by atoms with E-state index in [1.807, 2.05) is 84.9 Å². The van der Waals surface area contributed by atoms with E-state index in [-0.39, 0.29) is 5.91 Å². The van der Waals surface area contributed by atoms with Gasteiger partial charge < -0.3 is 24.1 Å². The van der Waals surface area contributed by atoms with Crippen LogP contribution in [0, 0.1) is 0 Å². The molecular formula is C33H26N4O5S. The number of rotatable bonds is 9. The van der Waals surface area contributed by atoms with Gasteiger partial charge in [0.25, 0.3) is 5.91 Å². The summed E-state index contributed by atoms with van der Waals surface area (Å²) < 4.78 is 26.5. The maximum Gasteiger partial charge on any atom is 0.255 e. The number of carbonyl (C=O) groups excluding carboxylic acids is 1. The van der Waals surface area contributed by atoms with Gasteiger partial charge in [0.2, 0.25) is 5.75 Å². The normalized spacial score (nSPS) is 10.8. The maximum absolute atomic E-state index is 12.4. The standard InChI is InChI=1S/C33H26N4O5S/c1-39-28-17-24(18-29(40-2)30(28)41-3)27-19-26(36-42-27)20-9-11-21(12-10-20)31-35-33(43-37-31)23-13-15-25(16-14-23)34-32(38)22-7-5-4-6-8-22/h4-19H,1-3H3,(H,34,38). The molecule has 0 saturated heterocycles. The molecule has 43 heavy (non-hydrogen) atoms. The van der Waals surface area contributed by atoms with Crippen LogP contribution in [-0.4, -0.2) is 41.8 Å². The van der Waals surface area contributed by atoms with Gasteiger partial charge in [-0.15, -0.1) is 0 Å². The Hall–Kier alpha value is -5.48. The van der Waals surface area contributed by atoms with Crippen LogP contribution >= 0.6 is 11.5 Å². The number of hydrogen-bond donors (Lipinski definition) is 1. The molecule has 6 rings (SSSR count). The first-order valence-electron chi connectivity index (χ1n) is 13.2. The average Bonchev–Trinajstić information content (AvgIpc) is 3.76. The van der Waals surface area contributed by atoms with E-state index in [4.69, 9.17) is 23.7 Å². The summed E-state index contributed by atoms with van der Waals surface area (Å²) in [6.45, 7) is 0. The van der Waals surface area contributed by atoms with Gasteiger partial charge in [0.1, 0.15) is 10.7 Å². The van der Waals surface area contributed by atoms with Gasteiger partial charge in [0.05, 0.1) is 21.3 Å². The lowest BCUT2D eigenvalue weighted by Crippen LogP contribution is -2.11. The Balaban J connectivity index is 1.15. The first-order valence-corrected chi connectivity index (χ1v) is 14.0. The average molecular weight is 591 g/mol. The minimum atomic E-state index is -0.155. The van der Waals surface area contributed by atoms with Gasteiger partial charge >= 0.3 is 0 Å². The molecule has 0 saturated carbocycles. The number of amides is 1. The molecule has 0 radical (unpaired) electrons. The number of nitrogens with one attached hydrogen (secondary N) is 1. The third-order valence-electron chi connectivity index (χ3n) is 6.75. The molecule has 0 aliphatic rings. The molecule has 6 aromatic rings. The maximum atomic E-state index is 12.4. The first-order chi connectivity index (χ1) is 21.1. The molecule has 2 aromatic heterocycles. The Bertz CT molecular complexity index is 1840. The number of hydrogen-bond acceptors (Lipinski definition) is 9. The second kappa shape index (κ2) is 12.2. The van der Waals surface area contributed by atoms with Crippen molar-refractivity contribution in [3.05, 3.63) is 103 Å². The lowest BCUT2D eigenvalue weighted by atomic mass is 10.1. The fourth-order valence-corrected chi connectivity index (χ4v) is 5.20. The van der Waals surface area contributed by atoms with Crippen molar-refractivity contribution < 1.29 is 23.5 Å². The molecule has 0 unspecified atom stereocenters. The van der Waals surface area contributed by atoms with Crippen LogP contribution in [0.15, 0.2) is 102 Å². The predicted octanol–water partition coefficient (Wildman–Crippen LogP) is 7.47. The van der Waals surface area contributed by atoms with Crippen LogP contribution in [0.4, 0.5) is 5.69 Å². The highest BCUT2D eigenvalue weighted by atomic mass is 32.1. The fourth-order valence-electron chi connectivity index (χ4n) is 4.51. The van der Waals surface area contributed by atoms with Gasteiger partial charge in [-0.1, -0.05) is 47.6 Å². The van der Waals surface area contributed by atoms with Crippen molar-refractivity contribution in [3.63, 3.8) is 0 Å². The monoisotopic (exact) mass is 590 g/mol. The summed E-state index contributed by atoms with van der Waals surface area (Å²) in [6.07, 6.45) is 0. The van der Waals surface area contributed by atoms with E-state index >= 15 is 0 Å². The van der Waals surface area contributed by atoms with Crippen molar-refractivity contribution >= 4 is 23.1 Å². The van der Waals surface area contributed by atoms with Crippen LogP contribution in [-0.2, 0) is 0 Å². The smallest absolute Gasteiger partial charge is 0.255 e. The molecule has 4 aromatic carbocycles. The van der Waals surface area contributed by atoms with Gasteiger partial charge in [-0.3, -0.25) is 4.79 Å². The van der Waals surface area contributed by atoms with Crippen LogP contribution < -0.4 is 19.5 Å². The topological polar surface area (TPSA) is 109 Å². The number of ether oxygens (including phenoxy) is 3. The van der Waals surface area contributed by atoms with Crippen molar-refractivity contribution in [3.8, 4) is 61.8 Å². The summed E-state index contributed by atoms with van der Waals surface area (Å²) in [6, 6.07) is 30.0. The first kappa shape index (κ1) is 27.7. The van der Waals surface area contributed by atoms with Gasteiger partial charge in [-0.05, 0) is 60.1 Å². The molecule has 9 nitrogen and oxygen atoms in total. The molecule has 1 amide bonds. The van der Waals surface area contributed by atoms with E-state index in [1.165, 1.54) is 11.5 Å². The van der Waals surface area contributed by atoms with Gasteiger partial charge in [0, 0.05) is 39.6 Å². The third-order valence-corrected chi connectivity index (χ3v) is 7.51. The number of methoxy groups -OCH3 is 3. The Morgan fingerprint density at radius 1 is 0.744 bits per heavy atom. The quantitative estimate of drug-likeness (QED) is 0.185. The molecule has 0 bridgehead atoms. The summed E-state index contributed by atoms with van der Waals surface area (Å²) in [4.78, 5) is 17.2. The fraction of sp³-hybridized carbons (Fsp3) is 0.0909. The molecule has 0 spiro atoms. The molecule has 2 heterocycles. The van der Waals surface area contributed by atoms with E-state index in [1.54, 1.807) is 33.5 Å². The van der Waals surface area contributed by atoms with Crippen molar-refractivity contribution in [1.82, 2.24) is 14.5 Å². The molecule has 10 heteroatoms. The number of aromatic nitrogens is 3. The molecule has 0 aliphatic carbocycles. The lowest BCUT2D eigenvalue weighted by Gasteiger charge is -2.12. The number of anilines is 1. The Labute approximate surface area is 251 Å². The molecule has 0 aliphatic heterocycles. The van der Waals surface area contributed by atoms with Crippen LogP contribution in [0.5, 0.6) is 17.2 Å². The van der Waals surface area contributed by atoms with Crippen molar-refractivity contribution in [2.24, 2.45) is 0 Å². The van der Waals surface area contributed by atoms with E-state index in [9.17, 15) is 4.79 Å². The van der Waals surface area contributed by atoms with Crippen LogP contribution in [0.25, 0.3) is 44.5 Å². The molecule has 0 fully saturated rings. The lowest BCUT2D eigenvalue weighted by molar-refractivity contribution is 0.102. The minimum absolute atomic E-state index is 0.155. The highest BCUT2D eigenvalue weighted by Gasteiger charge is 2.17. The van der Waals surface area contributed by atoms with E-state index < -0.39 is 0 Å². The Morgan fingerprint density at radius 3 is 2.05 bits per heavy atom. The number of benzene rings is 4. The van der Waals surface area contributed by atoms with E-state index in [2.05, 4.69) is 14.8 Å². The van der Waals surface area contributed by atoms with Crippen molar-refractivity contribution in [2.45, 2.75) is 0 Å². The Morgan fingerprint density at radius 2 is 1.40 bits per heavy atom. The minimum Gasteiger partial charge on any atom is -0.493 e. The van der Waals surface area contributed by atoms with E-state index in [0.717, 1.165) is 27.3 Å². The highest BCUT2D eigenvalue weighted by molar-refractivity contribution is 7.09. The second-order valence-corrected chi connectivity index (χ2v) is 10.1. The van der Waals surface area contributed by atoms with Crippen molar-refractivity contribution in [1.29, 1.82) is 0 Å². The third kappa shape index (κ3) is 5.81. The Kier molecular flexibility index (Phi) is 7.84. The van der Waals surface area contributed by atoms with E-state index in [0.29, 0.717) is 45.8 Å². The predicted molar refractivity (Wildman–Crippen MR) is 166 cm³/mol. The SMILES string of the molecule is COc1cc(-c2cc(-c3ccc(-c4nsc(-c5ccc(NC(=O)c6ccccc6)cc5)n4)cc3)no2)cc(OC)c1OC. The van der Waals surface area contributed by atoms with Crippen molar-refractivity contribution in [2.75, 3.05) is 26.6 Å². The molecule has 1 N–H and O–H groups in total. The molecule has 0 atom stereocenters.